The van der Waals surface area contributed by atoms with Gasteiger partial charge in [-0.15, -0.1) is 0 Å². The lowest BCUT2D eigenvalue weighted by molar-refractivity contribution is -0.123. The summed E-state index contributed by atoms with van der Waals surface area (Å²) in [5.74, 6) is 0.629. The lowest BCUT2D eigenvalue weighted by atomic mass is 10.2. The Kier molecular flexibility index (Phi) is 8.60. The van der Waals surface area contributed by atoms with Gasteiger partial charge in [0.15, 0.2) is 6.61 Å². The fraction of sp³-hybridized carbons (Fsp3) is 0.160. The number of carbonyl (C=O) groups excluding carboxylic acids is 2. The van der Waals surface area contributed by atoms with Gasteiger partial charge >= 0.3 is 5.97 Å². The number of ether oxygens (including phenoxy) is 3. The highest BCUT2D eigenvalue weighted by Gasteiger charge is 2.12. The maximum Gasteiger partial charge on any atom is 0.343 e. The minimum atomic E-state index is -0.523. The van der Waals surface area contributed by atoms with E-state index in [1.165, 1.54) is 6.21 Å². The lowest BCUT2D eigenvalue weighted by Gasteiger charge is -2.09. The van der Waals surface area contributed by atoms with Crippen LogP contribution in [0.4, 0.5) is 0 Å². The number of nitrogens with zero attached hydrogens (tertiary/aromatic N) is 1. The first-order valence-corrected chi connectivity index (χ1v) is 11.0. The van der Waals surface area contributed by atoms with Crippen molar-refractivity contribution < 1.29 is 23.8 Å². The van der Waals surface area contributed by atoms with Gasteiger partial charge in [-0.1, -0.05) is 28.1 Å². The molecule has 3 aromatic carbocycles. The van der Waals surface area contributed by atoms with E-state index in [0.717, 1.165) is 10.0 Å². The van der Waals surface area contributed by atoms with E-state index in [1.54, 1.807) is 48.5 Å². The molecule has 0 spiro atoms. The van der Waals surface area contributed by atoms with Crippen LogP contribution in [0, 0.1) is 6.92 Å². The van der Waals surface area contributed by atoms with Crippen molar-refractivity contribution in [1.29, 1.82) is 0 Å². The Morgan fingerprint density at radius 3 is 2.52 bits per heavy atom. The molecule has 0 unspecified atom stereocenters. The smallest absolute Gasteiger partial charge is 0.343 e. The van der Waals surface area contributed by atoms with Crippen LogP contribution in [0.25, 0.3) is 0 Å². The van der Waals surface area contributed by atoms with Crippen LogP contribution in [0.2, 0.25) is 0 Å². The zero-order valence-electron chi connectivity index (χ0n) is 18.2. The average molecular weight is 511 g/mol. The van der Waals surface area contributed by atoms with Gasteiger partial charge < -0.3 is 14.2 Å². The Morgan fingerprint density at radius 2 is 1.79 bits per heavy atom. The van der Waals surface area contributed by atoms with E-state index in [1.807, 2.05) is 32.0 Å². The Hall–Kier alpha value is -3.65. The summed E-state index contributed by atoms with van der Waals surface area (Å²) in [6, 6.07) is 19.2. The fourth-order valence-electron chi connectivity index (χ4n) is 2.79. The van der Waals surface area contributed by atoms with E-state index in [2.05, 4.69) is 26.5 Å². The predicted molar refractivity (Wildman–Crippen MR) is 129 cm³/mol. The molecule has 0 fully saturated rings. The molecule has 3 rings (SSSR count). The molecule has 7 nitrogen and oxygen atoms in total. The Morgan fingerprint density at radius 1 is 1.00 bits per heavy atom. The first kappa shape index (κ1) is 24.0. The molecule has 0 atom stereocenters. The van der Waals surface area contributed by atoms with Gasteiger partial charge in [0, 0.05) is 10.0 Å². The average Bonchev–Trinajstić information content (AvgIpc) is 2.80. The third-order valence-electron chi connectivity index (χ3n) is 4.33. The summed E-state index contributed by atoms with van der Waals surface area (Å²) in [7, 11) is 0. The molecule has 33 heavy (non-hydrogen) atoms. The van der Waals surface area contributed by atoms with Crippen LogP contribution in [0.1, 0.15) is 28.4 Å². The Labute approximate surface area is 200 Å². The number of aryl methyl sites for hydroxylation is 1. The van der Waals surface area contributed by atoms with E-state index >= 15 is 0 Å². The van der Waals surface area contributed by atoms with Crippen molar-refractivity contribution in [3.8, 4) is 17.2 Å². The van der Waals surface area contributed by atoms with Gasteiger partial charge in [0.2, 0.25) is 0 Å². The molecular weight excluding hydrogens is 488 g/mol. The predicted octanol–water partition coefficient (Wildman–Crippen LogP) is 4.90. The zero-order valence-corrected chi connectivity index (χ0v) is 19.8. The number of nitrogens with one attached hydrogen (secondary N) is 1. The molecule has 1 amide bonds. The van der Waals surface area contributed by atoms with Gasteiger partial charge in [-0.05, 0) is 74.0 Å². The van der Waals surface area contributed by atoms with Crippen LogP contribution in [-0.4, -0.2) is 31.3 Å². The van der Waals surface area contributed by atoms with Gasteiger partial charge in [0.05, 0.1) is 18.4 Å². The monoisotopic (exact) mass is 510 g/mol. The topological polar surface area (TPSA) is 86.2 Å². The number of amides is 1. The quantitative estimate of drug-likeness (QED) is 0.191. The van der Waals surface area contributed by atoms with Gasteiger partial charge in [-0.3, -0.25) is 4.79 Å². The van der Waals surface area contributed by atoms with Crippen LogP contribution in [-0.2, 0) is 4.79 Å². The van der Waals surface area contributed by atoms with E-state index in [0.29, 0.717) is 35.0 Å². The lowest BCUT2D eigenvalue weighted by Crippen LogP contribution is -2.24. The van der Waals surface area contributed by atoms with Crippen molar-refractivity contribution in [2.45, 2.75) is 13.8 Å². The summed E-state index contributed by atoms with van der Waals surface area (Å²) in [6.45, 7) is 4.19. The normalized spacial score (nSPS) is 10.6. The second-order valence-corrected chi connectivity index (χ2v) is 7.84. The van der Waals surface area contributed by atoms with Gasteiger partial charge in [-0.25, -0.2) is 10.2 Å². The number of hydrazone groups is 1. The number of hydrogen-bond donors (Lipinski definition) is 1. The molecule has 8 heteroatoms. The van der Waals surface area contributed by atoms with Crippen LogP contribution in [0.15, 0.2) is 76.3 Å². The highest BCUT2D eigenvalue weighted by molar-refractivity contribution is 9.10. The number of carbonyl (C=O) groups is 2. The van der Waals surface area contributed by atoms with E-state index in [-0.39, 0.29) is 6.61 Å². The largest absolute Gasteiger partial charge is 0.494 e. The molecule has 0 heterocycles. The van der Waals surface area contributed by atoms with E-state index in [9.17, 15) is 9.59 Å². The van der Waals surface area contributed by atoms with Crippen LogP contribution < -0.4 is 19.6 Å². The van der Waals surface area contributed by atoms with Gasteiger partial charge in [0.1, 0.15) is 17.2 Å². The molecule has 0 radical (unpaired) electrons. The summed E-state index contributed by atoms with van der Waals surface area (Å²) in [5, 5.41) is 3.95. The standard InChI is InChI=1S/C25H23BrN2O5/c1-3-31-21-10-7-18(8-11-21)25(30)33-23-12-9-20(26)14-19(23)15-27-28-24(29)16-32-22-6-4-5-17(2)13-22/h4-15H,3,16H2,1-2H3,(H,28,29)/b27-15+. The van der Waals surface area contributed by atoms with Gasteiger partial charge in [0.25, 0.3) is 5.91 Å². The highest BCUT2D eigenvalue weighted by atomic mass is 79.9. The minimum absolute atomic E-state index is 0.182. The van der Waals surface area contributed by atoms with E-state index in [4.69, 9.17) is 14.2 Å². The summed E-state index contributed by atoms with van der Waals surface area (Å²) in [6.07, 6.45) is 1.40. The van der Waals surface area contributed by atoms with Crippen LogP contribution in [0.3, 0.4) is 0 Å². The molecule has 3 aromatic rings. The summed E-state index contributed by atoms with van der Waals surface area (Å²) in [4.78, 5) is 24.6. The maximum atomic E-state index is 12.5. The Bertz CT molecular complexity index is 1150. The molecular formula is C25H23BrN2O5. The second kappa shape index (κ2) is 11.8. The van der Waals surface area contributed by atoms with Crippen molar-refractivity contribution in [2.24, 2.45) is 5.10 Å². The number of benzene rings is 3. The van der Waals surface area contributed by atoms with Crippen molar-refractivity contribution in [2.75, 3.05) is 13.2 Å². The number of esters is 1. The molecule has 1 N–H and O–H groups in total. The number of halogens is 1. The first-order chi connectivity index (χ1) is 15.9. The zero-order chi connectivity index (χ0) is 23.6. The molecule has 0 aromatic heterocycles. The fourth-order valence-corrected chi connectivity index (χ4v) is 3.16. The molecule has 0 saturated carbocycles. The van der Waals surface area contributed by atoms with Crippen molar-refractivity contribution in [3.63, 3.8) is 0 Å². The van der Waals surface area contributed by atoms with Crippen molar-refractivity contribution in [1.82, 2.24) is 5.43 Å². The molecule has 0 bridgehead atoms. The van der Waals surface area contributed by atoms with E-state index < -0.39 is 11.9 Å². The van der Waals surface area contributed by atoms with Gasteiger partial charge in [-0.2, -0.15) is 5.10 Å². The highest BCUT2D eigenvalue weighted by Crippen LogP contribution is 2.23. The Balaban J connectivity index is 1.61. The second-order valence-electron chi connectivity index (χ2n) is 6.93. The summed E-state index contributed by atoms with van der Waals surface area (Å²) < 4.78 is 17.1. The van der Waals surface area contributed by atoms with Crippen LogP contribution in [0.5, 0.6) is 17.2 Å². The minimum Gasteiger partial charge on any atom is -0.494 e. The van der Waals surface area contributed by atoms with Crippen molar-refractivity contribution in [3.05, 3.63) is 87.9 Å². The molecule has 170 valence electrons. The number of hydrogen-bond acceptors (Lipinski definition) is 6. The molecule has 0 saturated heterocycles. The third-order valence-corrected chi connectivity index (χ3v) is 4.82. The summed E-state index contributed by atoms with van der Waals surface area (Å²) >= 11 is 3.38. The first-order valence-electron chi connectivity index (χ1n) is 10.2. The van der Waals surface area contributed by atoms with Crippen LogP contribution >= 0.6 is 15.9 Å². The summed E-state index contributed by atoms with van der Waals surface area (Å²) in [5.41, 5.74) is 4.32. The number of rotatable bonds is 9. The third kappa shape index (κ3) is 7.47. The SMILES string of the molecule is CCOc1ccc(C(=O)Oc2ccc(Br)cc2/C=N/NC(=O)COc2cccc(C)c2)cc1. The molecule has 0 aliphatic carbocycles. The van der Waals surface area contributed by atoms with Crippen molar-refractivity contribution >= 4 is 34.0 Å². The molecule has 0 aliphatic rings. The maximum absolute atomic E-state index is 12.5. The molecule has 0 aliphatic heterocycles.